The normalized spacial score (nSPS) is 17.3. The molecule has 0 fully saturated rings. The fourth-order valence-electron chi connectivity index (χ4n) is 6.22. The lowest BCUT2D eigenvalue weighted by Crippen LogP contribution is -3.00. The van der Waals surface area contributed by atoms with E-state index >= 15 is 0 Å². The van der Waals surface area contributed by atoms with Gasteiger partial charge in [0.1, 0.15) is 6.54 Å². The third-order valence-electron chi connectivity index (χ3n) is 8.24. The Morgan fingerprint density at radius 3 is 2.10 bits per heavy atom. The number of allylic oxidation sites excluding steroid dienone is 4. The molecule has 0 spiro atoms. The van der Waals surface area contributed by atoms with Crippen LogP contribution in [0.4, 0.5) is 11.4 Å². The Bertz CT molecular complexity index is 1370. The average molecular weight is 638 g/mol. The summed E-state index contributed by atoms with van der Waals surface area (Å²) in [6.45, 7) is 15.0. The van der Waals surface area contributed by atoms with Gasteiger partial charge in [-0.05, 0) is 51.8 Å². The molecular weight excluding hydrogens is 592 g/mol. The first kappa shape index (κ1) is 33.3. The molecule has 226 valence electrons. The van der Waals surface area contributed by atoms with Gasteiger partial charge in [0.25, 0.3) is 0 Å². The van der Waals surface area contributed by atoms with Crippen LogP contribution in [-0.4, -0.2) is 48.5 Å². The van der Waals surface area contributed by atoms with Crippen LogP contribution in [0, 0.1) is 0 Å². The van der Waals surface area contributed by atoms with Gasteiger partial charge in [0.2, 0.25) is 5.69 Å². The van der Waals surface area contributed by atoms with E-state index in [0.29, 0.717) is 26.1 Å². The summed E-state index contributed by atoms with van der Waals surface area (Å²) in [4.78, 5) is 26.4. The fourth-order valence-corrected chi connectivity index (χ4v) is 6.22. The summed E-state index contributed by atoms with van der Waals surface area (Å²) < 4.78 is 12.7. The molecule has 42 heavy (non-hydrogen) atoms. The van der Waals surface area contributed by atoms with E-state index in [2.05, 4.69) is 104 Å². The molecule has 6 nitrogen and oxygen atoms in total. The number of carbonyl (C=O) groups is 2. The van der Waals surface area contributed by atoms with Gasteiger partial charge in [-0.2, -0.15) is 4.58 Å². The van der Waals surface area contributed by atoms with Crippen molar-refractivity contribution in [2.45, 2.75) is 78.1 Å². The van der Waals surface area contributed by atoms with Gasteiger partial charge in [0, 0.05) is 53.9 Å². The van der Waals surface area contributed by atoms with E-state index in [-0.39, 0.29) is 39.8 Å². The Labute approximate surface area is 261 Å². The Hall–Kier alpha value is -3.19. The number of hydrogen-bond donors (Lipinski definition) is 0. The number of rotatable bonds is 12. The number of para-hydroxylation sites is 2. The van der Waals surface area contributed by atoms with Crippen molar-refractivity contribution >= 4 is 29.0 Å². The molecule has 0 saturated heterocycles. The first-order valence-electron chi connectivity index (χ1n) is 14.9. The SMILES string of the molecule is CCOC(=O)CCCN1C(=CC=CC2=[N+](CCCC(=O)OCC)c3ccccc3C2(C)C)C(C)(C)c2ccccc21.[Br-]. The first-order chi connectivity index (χ1) is 19.6. The fraction of sp³-hybridized carbons (Fsp3) is 0.457. The van der Waals surface area contributed by atoms with Crippen molar-refractivity contribution in [3.8, 4) is 0 Å². The van der Waals surface area contributed by atoms with Crippen LogP contribution in [0.2, 0.25) is 0 Å². The molecule has 2 heterocycles. The molecule has 0 saturated carbocycles. The summed E-state index contributed by atoms with van der Waals surface area (Å²) in [6, 6.07) is 17.1. The van der Waals surface area contributed by atoms with E-state index < -0.39 is 0 Å². The second-order valence-electron chi connectivity index (χ2n) is 11.7. The Balaban J connectivity index is 0.00000484. The van der Waals surface area contributed by atoms with Gasteiger partial charge >= 0.3 is 11.9 Å². The summed E-state index contributed by atoms with van der Waals surface area (Å²) in [6.07, 6.45) is 8.88. The number of hydrogen-bond acceptors (Lipinski definition) is 5. The molecule has 0 N–H and O–H groups in total. The number of nitrogens with zero attached hydrogens (tertiary/aromatic N) is 2. The molecule has 0 amide bonds. The third kappa shape index (κ3) is 6.88. The first-order valence-corrected chi connectivity index (χ1v) is 14.9. The van der Waals surface area contributed by atoms with Gasteiger partial charge in [-0.15, -0.1) is 0 Å². The highest BCUT2D eigenvalue weighted by Gasteiger charge is 2.44. The molecule has 4 rings (SSSR count). The van der Waals surface area contributed by atoms with Crippen molar-refractivity contribution in [2.75, 3.05) is 31.2 Å². The minimum atomic E-state index is -0.178. The predicted molar refractivity (Wildman–Crippen MR) is 165 cm³/mol. The molecule has 0 bridgehead atoms. The maximum Gasteiger partial charge on any atom is 0.306 e. The molecule has 2 aromatic carbocycles. The monoisotopic (exact) mass is 636 g/mol. The van der Waals surface area contributed by atoms with Crippen molar-refractivity contribution in [1.29, 1.82) is 0 Å². The molecule has 0 unspecified atom stereocenters. The topological polar surface area (TPSA) is 58.8 Å². The van der Waals surface area contributed by atoms with Crippen LogP contribution in [0.25, 0.3) is 0 Å². The lowest BCUT2D eigenvalue weighted by molar-refractivity contribution is -0.438. The van der Waals surface area contributed by atoms with Crippen LogP contribution in [0.3, 0.4) is 0 Å². The maximum atomic E-state index is 12.0. The largest absolute Gasteiger partial charge is 1.00 e. The molecule has 2 aromatic rings. The van der Waals surface area contributed by atoms with Crippen LogP contribution < -0.4 is 21.9 Å². The van der Waals surface area contributed by atoms with Gasteiger partial charge in [-0.1, -0.05) is 56.3 Å². The van der Waals surface area contributed by atoms with Gasteiger partial charge in [0.15, 0.2) is 5.71 Å². The molecular formula is C35H45BrN2O4. The summed E-state index contributed by atoms with van der Waals surface area (Å²) in [5.74, 6) is -0.292. The lowest BCUT2D eigenvalue weighted by atomic mass is 9.81. The lowest BCUT2D eigenvalue weighted by Gasteiger charge is -2.27. The predicted octanol–water partition coefficient (Wildman–Crippen LogP) is 3.99. The number of benzene rings is 2. The van der Waals surface area contributed by atoms with Crippen molar-refractivity contribution in [3.05, 3.63) is 83.6 Å². The van der Waals surface area contributed by atoms with Gasteiger partial charge in [-0.25, -0.2) is 0 Å². The summed E-state index contributed by atoms with van der Waals surface area (Å²) in [5.41, 5.74) is 7.04. The molecule has 7 heteroatoms. The number of halogens is 1. The Kier molecular flexibility index (Phi) is 11.4. The summed E-state index contributed by atoms with van der Waals surface area (Å²) in [5, 5.41) is 0. The summed E-state index contributed by atoms with van der Waals surface area (Å²) in [7, 11) is 0. The smallest absolute Gasteiger partial charge is 0.306 e. The third-order valence-corrected chi connectivity index (χ3v) is 8.24. The minimum absolute atomic E-state index is 0. The number of esters is 2. The number of anilines is 1. The van der Waals surface area contributed by atoms with Crippen LogP contribution in [-0.2, 0) is 29.9 Å². The Morgan fingerprint density at radius 2 is 1.43 bits per heavy atom. The van der Waals surface area contributed by atoms with Crippen molar-refractivity contribution in [2.24, 2.45) is 0 Å². The summed E-state index contributed by atoms with van der Waals surface area (Å²) >= 11 is 0. The Morgan fingerprint density at radius 1 is 0.833 bits per heavy atom. The average Bonchev–Trinajstić information content (AvgIpc) is 3.28. The molecule has 2 aliphatic rings. The highest BCUT2D eigenvalue weighted by Crippen LogP contribution is 2.47. The van der Waals surface area contributed by atoms with Crippen LogP contribution in [0.5, 0.6) is 0 Å². The van der Waals surface area contributed by atoms with Crippen LogP contribution in [0.1, 0.15) is 78.4 Å². The molecule has 2 aliphatic heterocycles. The van der Waals surface area contributed by atoms with Gasteiger partial charge in [-0.3, -0.25) is 9.59 Å². The van der Waals surface area contributed by atoms with E-state index in [1.54, 1.807) is 0 Å². The molecule has 0 aromatic heterocycles. The van der Waals surface area contributed by atoms with Gasteiger partial charge in [0.05, 0.1) is 25.0 Å². The van der Waals surface area contributed by atoms with E-state index in [1.165, 1.54) is 33.9 Å². The molecule has 0 radical (unpaired) electrons. The molecule has 0 atom stereocenters. The van der Waals surface area contributed by atoms with E-state index in [0.717, 1.165) is 25.9 Å². The van der Waals surface area contributed by atoms with Crippen molar-refractivity contribution < 1.29 is 40.6 Å². The highest BCUT2D eigenvalue weighted by atomic mass is 79.9. The second-order valence-corrected chi connectivity index (χ2v) is 11.7. The van der Waals surface area contributed by atoms with E-state index in [4.69, 9.17) is 9.47 Å². The highest BCUT2D eigenvalue weighted by molar-refractivity contribution is 6.03. The van der Waals surface area contributed by atoms with E-state index in [9.17, 15) is 9.59 Å². The zero-order valence-electron chi connectivity index (χ0n) is 25.9. The van der Waals surface area contributed by atoms with Crippen molar-refractivity contribution in [3.63, 3.8) is 0 Å². The van der Waals surface area contributed by atoms with Crippen LogP contribution >= 0.6 is 0 Å². The van der Waals surface area contributed by atoms with Gasteiger partial charge < -0.3 is 31.4 Å². The quantitative estimate of drug-likeness (QED) is 0.261. The minimum Gasteiger partial charge on any atom is -1.00 e. The maximum absolute atomic E-state index is 12.0. The van der Waals surface area contributed by atoms with Crippen LogP contribution in [0.15, 0.2) is 72.5 Å². The number of ether oxygens (including phenoxy) is 2. The molecule has 0 aliphatic carbocycles. The standard InChI is InChI=1S/C35H45N2O4.BrH/c1-7-40-32(38)22-14-24-36-28-18-11-9-16-26(28)34(3,4)30(36)20-13-21-31-35(5,6)27-17-10-12-19-29(27)37(31)25-15-23-33(39)41-8-2;/h9-13,16-21H,7-8,14-15,22-25H2,1-6H3;1H/q+1;/p-1. The second kappa shape index (κ2) is 14.3. The van der Waals surface area contributed by atoms with E-state index in [1.807, 2.05) is 13.8 Å². The number of carbonyl (C=O) groups excluding carboxylic acids is 2. The zero-order chi connectivity index (χ0) is 29.6. The van der Waals surface area contributed by atoms with Crippen molar-refractivity contribution in [1.82, 2.24) is 0 Å². The number of fused-ring (bicyclic) bond motifs is 2. The zero-order valence-corrected chi connectivity index (χ0v) is 27.5.